The van der Waals surface area contributed by atoms with Gasteiger partial charge in [0.25, 0.3) is 0 Å². The lowest BCUT2D eigenvalue weighted by Gasteiger charge is -2.33. The van der Waals surface area contributed by atoms with E-state index in [4.69, 9.17) is 4.74 Å². The molecule has 1 saturated heterocycles. The van der Waals surface area contributed by atoms with E-state index < -0.39 is 0 Å². The van der Waals surface area contributed by atoms with Crippen molar-refractivity contribution in [3.8, 4) is 5.75 Å². The average molecular weight is 361 g/mol. The van der Waals surface area contributed by atoms with Crippen molar-refractivity contribution in [1.29, 1.82) is 0 Å². The normalized spacial score (nSPS) is 16.9. The summed E-state index contributed by atoms with van der Waals surface area (Å²) in [7, 11) is 3.48. The first-order valence-electron chi connectivity index (χ1n) is 9.47. The monoisotopic (exact) mass is 361 g/mol. The van der Waals surface area contributed by atoms with Gasteiger partial charge >= 0.3 is 6.03 Å². The molecule has 1 N–H and O–H groups in total. The number of amides is 3. The van der Waals surface area contributed by atoms with Crippen LogP contribution >= 0.6 is 0 Å². The van der Waals surface area contributed by atoms with Gasteiger partial charge in [0.05, 0.1) is 12.5 Å². The van der Waals surface area contributed by atoms with Gasteiger partial charge in [-0.15, -0.1) is 0 Å². The lowest BCUT2D eigenvalue weighted by molar-refractivity contribution is -0.126. The highest BCUT2D eigenvalue weighted by Crippen LogP contribution is 2.20. The topological polar surface area (TPSA) is 61.9 Å². The highest BCUT2D eigenvalue weighted by molar-refractivity contribution is 5.80. The van der Waals surface area contributed by atoms with Gasteiger partial charge in [0.15, 0.2) is 0 Å². The van der Waals surface area contributed by atoms with Crippen LogP contribution in [0, 0.1) is 5.92 Å². The van der Waals surface area contributed by atoms with Gasteiger partial charge in [0.2, 0.25) is 5.91 Å². The van der Waals surface area contributed by atoms with Crippen molar-refractivity contribution in [1.82, 2.24) is 15.1 Å². The van der Waals surface area contributed by atoms with Gasteiger partial charge in [-0.05, 0) is 44.2 Å². The quantitative estimate of drug-likeness (QED) is 0.759. The molecule has 0 saturated carbocycles. The number of likely N-dealkylation sites (tertiary alicyclic amines) is 1. The Hall–Kier alpha value is -2.24. The lowest BCUT2D eigenvalue weighted by Crippen LogP contribution is -2.48. The number of piperidine rings is 1. The zero-order chi connectivity index (χ0) is 18.9. The van der Waals surface area contributed by atoms with Crippen LogP contribution in [0.25, 0.3) is 0 Å². The van der Waals surface area contributed by atoms with Gasteiger partial charge in [-0.3, -0.25) is 4.79 Å². The van der Waals surface area contributed by atoms with Crippen LogP contribution in [0.2, 0.25) is 0 Å². The molecule has 1 heterocycles. The number of aryl methyl sites for hydroxylation is 1. The minimum absolute atomic E-state index is 0.0185. The third-order valence-electron chi connectivity index (χ3n) is 4.64. The number of carbonyl (C=O) groups is 2. The smallest absolute Gasteiger partial charge is 0.319 e. The van der Waals surface area contributed by atoms with Crippen LogP contribution in [-0.2, 0) is 11.2 Å². The predicted octanol–water partition coefficient (Wildman–Crippen LogP) is 2.53. The number of ether oxygens (including phenoxy) is 1. The average Bonchev–Trinajstić information content (AvgIpc) is 2.65. The summed E-state index contributed by atoms with van der Waals surface area (Å²) < 4.78 is 5.64. The third kappa shape index (κ3) is 5.64. The van der Waals surface area contributed by atoms with Crippen molar-refractivity contribution < 1.29 is 14.3 Å². The van der Waals surface area contributed by atoms with Crippen LogP contribution in [0.5, 0.6) is 5.75 Å². The molecular weight excluding hydrogens is 330 g/mol. The Morgan fingerprint density at radius 1 is 1.31 bits per heavy atom. The van der Waals surface area contributed by atoms with Gasteiger partial charge in [-0.2, -0.15) is 0 Å². The number of hydrogen-bond donors (Lipinski definition) is 1. The highest BCUT2D eigenvalue weighted by Gasteiger charge is 2.28. The molecule has 0 spiro atoms. The minimum Gasteiger partial charge on any atom is -0.494 e. The first kappa shape index (κ1) is 20.1. The molecule has 0 aliphatic carbocycles. The zero-order valence-corrected chi connectivity index (χ0v) is 16.2. The lowest BCUT2D eigenvalue weighted by atomic mass is 9.97. The molecule has 1 fully saturated rings. The summed E-state index contributed by atoms with van der Waals surface area (Å²) in [6, 6.07) is 8.01. The second kappa shape index (κ2) is 10.0. The molecule has 144 valence electrons. The maximum atomic E-state index is 12.4. The Morgan fingerprint density at radius 2 is 2.08 bits per heavy atom. The van der Waals surface area contributed by atoms with Gasteiger partial charge in [0.1, 0.15) is 5.75 Å². The van der Waals surface area contributed by atoms with Crippen molar-refractivity contribution in [3.63, 3.8) is 0 Å². The van der Waals surface area contributed by atoms with E-state index in [1.54, 1.807) is 23.9 Å². The molecular formula is C20H31N3O3. The summed E-state index contributed by atoms with van der Waals surface area (Å²) in [5, 5.41) is 3.03. The van der Waals surface area contributed by atoms with Crippen LogP contribution < -0.4 is 10.1 Å². The standard InChI is InChI=1S/C20H31N3O3/c1-4-26-18-12-6-5-9-16(18)10-7-13-21-19(24)17-11-8-14-23(15-17)20(25)22(2)3/h5-6,9,12,17H,4,7-8,10-11,13-15H2,1-3H3,(H,21,24)/t17-/m1/s1. The maximum absolute atomic E-state index is 12.4. The number of urea groups is 1. The van der Waals surface area contributed by atoms with Crippen molar-refractivity contribution in [2.24, 2.45) is 5.92 Å². The maximum Gasteiger partial charge on any atom is 0.319 e. The summed E-state index contributed by atoms with van der Waals surface area (Å²) in [6.45, 7) is 4.51. The molecule has 1 aromatic carbocycles. The van der Waals surface area contributed by atoms with E-state index in [0.29, 0.717) is 19.7 Å². The molecule has 1 aromatic rings. The minimum atomic E-state index is -0.108. The Bertz CT molecular complexity index is 604. The SMILES string of the molecule is CCOc1ccccc1CCCNC(=O)[C@@H]1CCCN(C(=O)N(C)C)C1. The second-order valence-electron chi connectivity index (χ2n) is 6.90. The second-order valence-corrected chi connectivity index (χ2v) is 6.90. The van der Waals surface area contributed by atoms with Crippen LogP contribution in [-0.4, -0.2) is 62.1 Å². The predicted molar refractivity (Wildman–Crippen MR) is 102 cm³/mol. The summed E-state index contributed by atoms with van der Waals surface area (Å²) in [5.74, 6) is 0.870. The van der Waals surface area contributed by atoms with E-state index in [1.807, 2.05) is 25.1 Å². The summed E-state index contributed by atoms with van der Waals surface area (Å²) in [6.07, 6.45) is 3.45. The molecule has 6 nitrogen and oxygen atoms in total. The molecule has 0 aromatic heterocycles. The fourth-order valence-corrected chi connectivity index (χ4v) is 3.29. The Kier molecular flexibility index (Phi) is 7.75. The molecule has 26 heavy (non-hydrogen) atoms. The molecule has 0 radical (unpaired) electrons. The van der Waals surface area contributed by atoms with Crippen molar-refractivity contribution in [2.75, 3.05) is 40.3 Å². The summed E-state index contributed by atoms with van der Waals surface area (Å²) >= 11 is 0. The van der Waals surface area contributed by atoms with Gasteiger partial charge in [-0.1, -0.05) is 18.2 Å². The molecule has 6 heteroatoms. The fourth-order valence-electron chi connectivity index (χ4n) is 3.29. The number of hydrogen-bond acceptors (Lipinski definition) is 3. The number of rotatable bonds is 7. The summed E-state index contributed by atoms with van der Waals surface area (Å²) in [4.78, 5) is 27.8. The van der Waals surface area contributed by atoms with Crippen LogP contribution in [0.15, 0.2) is 24.3 Å². The fraction of sp³-hybridized carbons (Fsp3) is 0.600. The molecule has 0 bridgehead atoms. The van der Waals surface area contributed by atoms with E-state index in [1.165, 1.54) is 5.56 Å². The van der Waals surface area contributed by atoms with Crippen molar-refractivity contribution in [3.05, 3.63) is 29.8 Å². The van der Waals surface area contributed by atoms with Gasteiger partial charge in [-0.25, -0.2) is 4.79 Å². The van der Waals surface area contributed by atoms with Crippen molar-refractivity contribution in [2.45, 2.75) is 32.6 Å². The molecule has 2 rings (SSSR count). The van der Waals surface area contributed by atoms with E-state index in [9.17, 15) is 9.59 Å². The van der Waals surface area contributed by atoms with Crippen molar-refractivity contribution >= 4 is 11.9 Å². The Balaban J connectivity index is 1.76. The van der Waals surface area contributed by atoms with E-state index >= 15 is 0 Å². The van der Waals surface area contributed by atoms with E-state index in [2.05, 4.69) is 11.4 Å². The largest absolute Gasteiger partial charge is 0.494 e. The Morgan fingerprint density at radius 3 is 2.81 bits per heavy atom. The van der Waals surface area contributed by atoms with Gasteiger partial charge in [0, 0.05) is 33.7 Å². The number of carbonyl (C=O) groups excluding carboxylic acids is 2. The summed E-state index contributed by atoms with van der Waals surface area (Å²) in [5.41, 5.74) is 1.17. The number of para-hydroxylation sites is 1. The molecule has 3 amide bonds. The molecule has 1 aliphatic heterocycles. The van der Waals surface area contributed by atoms with E-state index in [0.717, 1.165) is 38.0 Å². The molecule has 1 aliphatic rings. The Labute approximate surface area is 156 Å². The van der Waals surface area contributed by atoms with E-state index in [-0.39, 0.29) is 17.9 Å². The van der Waals surface area contributed by atoms with Crippen LogP contribution in [0.4, 0.5) is 4.79 Å². The van der Waals surface area contributed by atoms with Crippen LogP contribution in [0.3, 0.4) is 0 Å². The number of nitrogens with one attached hydrogen (secondary N) is 1. The first-order valence-corrected chi connectivity index (χ1v) is 9.47. The van der Waals surface area contributed by atoms with Crippen LogP contribution in [0.1, 0.15) is 31.7 Å². The number of benzene rings is 1. The number of nitrogens with zero attached hydrogens (tertiary/aromatic N) is 2. The third-order valence-corrected chi connectivity index (χ3v) is 4.64. The highest BCUT2D eigenvalue weighted by atomic mass is 16.5. The molecule has 1 atom stereocenters. The molecule has 0 unspecified atom stereocenters. The van der Waals surface area contributed by atoms with Gasteiger partial charge < -0.3 is 19.9 Å². The first-order chi connectivity index (χ1) is 12.5. The zero-order valence-electron chi connectivity index (χ0n) is 16.2.